The first kappa shape index (κ1) is 13.5. The molecule has 102 valence electrons. The van der Waals surface area contributed by atoms with E-state index in [-0.39, 0.29) is 24.3 Å². The molecule has 1 fully saturated rings. The molecule has 1 saturated heterocycles. The Balaban J connectivity index is 1.87. The van der Waals surface area contributed by atoms with Crippen LogP contribution in [0.4, 0.5) is 8.78 Å². The molecule has 4 nitrogen and oxygen atoms in total. The SMILES string of the molecule is O=C1CCC(NC(=O)Cc2ccc(F)c(F)c2)CN1. The molecule has 0 radical (unpaired) electrons. The number of rotatable bonds is 3. The maximum Gasteiger partial charge on any atom is 0.224 e. The van der Waals surface area contributed by atoms with Crippen LogP contribution in [0.25, 0.3) is 0 Å². The number of benzene rings is 1. The van der Waals surface area contributed by atoms with Gasteiger partial charge >= 0.3 is 0 Å². The lowest BCUT2D eigenvalue weighted by Gasteiger charge is -2.23. The number of piperidine rings is 1. The lowest BCUT2D eigenvalue weighted by Crippen LogP contribution is -2.48. The first-order valence-corrected chi connectivity index (χ1v) is 6.04. The standard InChI is InChI=1S/C13H14F2N2O2/c14-10-3-1-8(5-11(10)15)6-13(19)17-9-2-4-12(18)16-7-9/h1,3,5,9H,2,4,6-7H2,(H,16,18)(H,17,19). The molecule has 19 heavy (non-hydrogen) atoms. The van der Waals surface area contributed by atoms with Crippen LogP contribution in [0.15, 0.2) is 18.2 Å². The zero-order valence-corrected chi connectivity index (χ0v) is 10.2. The van der Waals surface area contributed by atoms with E-state index in [9.17, 15) is 18.4 Å². The fraction of sp³-hybridized carbons (Fsp3) is 0.385. The van der Waals surface area contributed by atoms with E-state index < -0.39 is 11.6 Å². The minimum atomic E-state index is -0.963. The fourth-order valence-corrected chi connectivity index (χ4v) is 1.97. The number of hydrogen-bond acceptors (Lipinski definition) is 2. The van der Waals surface area contributed by atoms with Gasteiger partial charge in [0.25, 0.3) is 0 Å². The van der Waals surface area contributed by atoms with Crippen molar-refractivity contribution < 1.29 is 18.4 Å². The predicted molar refractivity (Wildman–Crippen MR) is 64.2 cm³/mol. The zero-order chi connectivity index (χ0) is 13.8. The predicted octanol–water partition coefficient (Wildman–Crippen LogP) is 0.902. The van der Waals surface area contributed by atoms with Crippen molar-refractivity contribution in [3.05, 3.63) is 35.4 Å². The van der Waals surface area contributed by atoms with Crippen LogP contribution in [0.1, 0.15) is 18.4 Å². The van der Waals surface area contributed by atoms with E-state index in [1.165, 1.54) is 6.07 Å². The number of hydrogen-bond donors (Lipinski definition) is 2. The van der Waals surface area contributed by atoms with E-state index in [0.29, 0.717) is 24.9 Å². The molecule has 6 heteroatoms. The summed E-state index contributed by atoms with van der Waals surface area (Å²) in [6.45, 7) is 0.405. The van der Waals surface area contributed by atoms with Crippen molar-refractivity contribution in [2.45, 2.75) is 25.3 Å². The Labute approximate surface area is 109 Å². The average Bonchev–Trinajstić information content (AvgIpc) is 2.37. The lowest BCUT2D eigenvalue weighted by molar-refractivity contribution is -0.125. The van der Waals surface area contributed by atoms with Crippen LogP contribution in [-0.4, -0.2) is 24.4 Å². The second kappa shape index (κ2) is 5.77. The summed E-state index contributed by atoms with van der Waals surface area (Å²) < 4.78 is 25.7. The first-order chi connectivity index (χ1) is 9.04. The zero-order valence-electron chi connectivity index (χ0n) is 10.2. The van der Waals surface area contributed by atoms with Gasteiger partial charge in [0.05, 0.1) is 6.42 Å². The van der Waals surface area contributed by atoms with Crippen molar-refractivity contribution in [3.63, 3.8) is 0 Å². The minimum Gasteiger partial charge on any atom is -0.354 e. The first-order valence-electron chi connectivity index (χ1n) is 6.04. The largest absolute Gasteiger partial charge is 0.354 e. The fourth-order valence-electron chi connectivity index (χ4n) is 1.97. The van der Waals surface area contributed by atoms with Crippen molar-refractivity contribution in [2.75, 3.05) is 6.54 Å². The van der Waals surface area contributed by atoms with Gasteiger partial charge in [0.2, 0.25) is 11.8 Å². The van der Waals surface area contributed by atoms with Crippen molar-refractivity contribution in [1.82, 2.24) is 10.6 Å². The third kappa shape index (κ3) is 3.74. The Morgan fingerprint density at radius 3 is 2.79 bits per heavy atom. The van der Waals surface area contributed by atoms with Gasteiger partial charge in [-0.15, -0.1) is 0 Å². The second-order valence-electron chi connectivity index (χ2n) is 4.53. The topological polar surface area (TPSA) is 58.2 Å². The maximum absolute atomic E-state index is 13.0. The monoisotopic (exact) mass is 268 g/mol. The van der Waals surface area contributed by atoms with Gasteiger partial charge in [-0.05, 0) is 24.1 Å². The van der Waals surface area contributed by atoms with Gasteiger partial charge in [-0.1, -0.05) is 6.07 Å². The Morgan fingerprint density at radius 1 is 1.37 bits per heavy atom. The molecule has 0 spiro atoms. The minimum absolute atomic E-state index is 0.0123. The molecule has 1 atom stereocenters. The Hall–Kier alpha value is -1.98. The number of halogens is 2. The van der Waals surface area contributed by atoms with E-state index in [1.807, 2.05) is 0 Å². The van der Waals surface area contributed by atoms with Gasteiger partial charge in [-0.2, -0.15) is 0 Å². The molecule has 0 bridgehead atoms. The highest BCUT2D eigenvalue weighted by Gasteiger charge is 2.19. The van der Waals surface area contributed by atoms with E-state index in [1.54, 1.807) is 0 Å². The molecule has 0 aliphatic carbocycles. The van der Waals surface area contributed by atoms with E-state index in [4.69, 9.17) is 0 Å². The summed E-state index contributed by atoms with van der Waals surface area (Å²) >= 11 is 0. The normalized spacial score (nSPS) is 18.8. The van der Waals surface area contributed by atoms with Crippen LogP contribution >= 0.6 is 0 Å². The maximum atomic E-state index is 13.0. The van der Waals surface area contributed by atoms with Gasteiger partial charge in [-0.3, -0.25) is 9.59 Å². The van der Waals surface area contributed by atoms with E-state index in [0.717, 1.165) is 12.1 Å². The summed E-state index contributed by atoms with van der Waals surface area (Å²) in [6, 6.07) is 3.28. The molecule has 0 saturated carbocycles. The van der Waals surface area contributed by atoms with Gasteiger partial charge in [-0.25, -0.2) is 8.78 Å². The summed E-state index contributed by atoms with van der Waals surface area (Å²) in [5.74, 6) is -2.19. The molecule has 1 aromatic carbocycles. The molecule has 1 aliphatic rings. The molecule has 2 N–H and O–H groups in total. The third-order valence-corrected chi connectivity index (χ3v) is 2.98. The molecule has 2 amide bonds. The van der Waals surface area contributed by atoms with Crippen molar-refractivity contribution in [2.24, 2.45) is 0 Å². The molecular formula is C13H14F2N2O2. The molecular weight excluding hydrogens is 254 g/mol. The molecule has 1 heterocycles. The number of carbonyl (C=O) groups is 2. The van der Waals surface area contributed by atoms with Crippen LogP contribution < -0.4 is 10.6 Å². The second-order valence-corrected chi connectivity index (χ2v) is 4.53. The molecule has 1 unspecified atom stereocenters. The van der Waals surface area contributed by atoms with Crippen molar-refractivity contribution in [3.8, 4) is 0 Å². The summed E-state index contributed by atoms with van der Waals surface area (Å²) in [5.41, 5.74) is 0.413. The smallest absolute Gasteiger partial charge is 0.224 e. The quantitative estimate of drug-likeness (QED) is 0.855. The van der Waals surface area contributed by atoms with Crippen molar-refractivity contribution >= 4 is 11.8 Å². The highest BCUT2D eigenvalue weighted by atomic mass is 19.2. The van der Waals surface area contributed by atoms with E-state index in [2.05, 4.69) is 10.6 Å². The number of nitrogens with one attached hydrogen (secondary N) is 2. The Kier molecular flexibility index (Phi) is 4.09. The Morgan fingerprint density at radius 2 is 2.16 bits per heavy atom. The van der Waals surface area contributed by atoms with Crippen molar-refractivity contribution in [1.29, 1.82) is 0 Å². The van der Waals surface area contributed by atoms with Gasteiger partial charge in [0, 0.05) is 19.0 Å². The highest BCUT2D eigenvalue weighted by Crippen LogP contribution is 2.10. The lowest BCUT2D eigenvalue weighted by atomic mass is 10.1. The molecule has 0 aromatic heterocycles. The third-order valence-electron chi connectivity index (χ3n) is 2.98. The summed E-state index contributed by atoms with van der Waals surface area (Å²) in [4.78, 5) is 22.7. The van der Waals surface area contributed by atoms with E-state index >= 15 is 0 Å². The number of amides is 2. The number of carbonyl (C=O) groups excluding carboxylic acids is 2. The van der Waals surface area contributed by atoms with Crippen LogP contribution in [0, 0.1) is 11.6 Å². The highest BCUT2D eigenvalue weighted by molar-refractivity contribution is 5.80. The van der Waals surface area contributed by atoms with Crippen LogP contribution in [0.5, 0.6) is 0 Å². The molecule has 2 rings (SSSR count). The summed E-state index contributed by atoms with van der Waals surface area (Å²) in [5, 5.41) is 5.41. The van der Waals surface area contributed by atoms with Crippen LogP contribution in [-0.2, 0) is 16.0 Å². The van der Waals surface area contributed by atoms with Gasteiger partial charge in [0.15, 0.2) is 11.6 Å². The van der Waals surface area contributed by atoms with Crippen LogP contribution in [0.2, 0.25) is 0 Å². The van der Waals surface area contributed by atoms with Gasteiger partial charge in [0.1, 0.15) is 0 Å². The molecule has 1 aromatic rings. The molecule has 1 aliphatic heterocycles. The summed E-state index contributed by atoms with van der Waals surface area (Å²) in [7, 11) is 0. The Bertz CT molecular complexity index is 495. The van der Waals surface area contributed by atoms with Gasteiger partial charge < -0.3 is 10.6 Å². The summed E-state index contributed by atoms with van der Waals surface area (Å²) in [6.07, 6.45) is 0.965. The van der Waals surface area contributed by atoms with Crippen LogP contribution in [0.3, 0.4) is 0 Å². The average molecular weight is 268 g/mol.